The SMILES string of the molecule is CC[C@@H]1C[C@@H]1C(C)Oc1ccc(C(CC(C)(C)C)C(C)C)cc1. The van der Waals surface area contributed by atoms with E-state index in [4.69, 9.17) is 4.74 Å². The highest BCUT2D eigenvalue weighted by molar-refractivity contribution is 5.30. The topological polar surface area (TPSA) is 9.23 Å². The van der Waals surface area contributed by atoms with Crippen LogP contribution in [0.5, 0.6) is 5.75 Å². The minimum Gasteiger partial charge on any atom is -0.490 e. The van der Waals surface area contributed by atoms with E-state index in [1.807, 2.05) is 0 Å². The first-order valence-electron chi connectivity index (χ1n) is 9.48. The molecule has 0 N–H and O–H groups in total. The van der Waals surface area contributed by atoms with Gasteiger partial charge >= 0.3 is 0 Å². The maximum absolute atomic E-state index is 6.17. The zero-order valence-corrected chi connectivity index (χ0v) is 16.2. The molecule has 0 spiro atoms. The fourth-order valence-corrected chi connectivity index (χ4v) is 3.81. The van der Waals surface area contributed by atoms with E-state index in [2.05, 4.69) is 72.7 Å². The molecule has 0 bridgehead atoms. The maximum atomic E-state index is 6.17. The average molecular weight is 317 g/mol. The van der Waals surface area contributed by atoms with E-state index in [9.17, 15) is 0 Å². The second-order valence-electron chi connectivity index (χ2n) is 9.08. The van der Waals surface area contributed by atoms with Crippen LogP contribution in [0.15, 0.2) is 24.3 Å². The van der Waals surface area contributed by atoms with Crippen molar-refractivity contribution in [1.29, 1.82) is 0 Å². The van der Waals surface area contributed by atoms with Crippen LogP contribution in [0.3, 0.4) is 0 Å². The maximum Gasteiger partial charge on any atom is 0.119 e. The minimum atomic E-state index is 0.348. The third-order valence-electron chi connectivity index (χ3n) is 5.37. The lowest BCUT2D eigenvalue weighted by molar-refractivity contribution is 0.190. The lowest BCUT2D eigenvalue weighted by Gasteiger charge is -2.29. The third-order valence-corrected chi connectivity index (χ3v) is 5.37. The van der Waals surface area contributed by atoms with Gasteiger partial charge in [0.05, 0.1) is 6.10 Å². The summed E-state index contributed by atoms with van der Waals surface area (Å²) in [6.45, 7) is 16.2. The van der Waals surface area contributed by atoms with Gasteiger partial charge in [-0.05, 0) is 66.5 Å². The molecule has 2 unspecified atom stereocenters. The summed E-state index contributed by atoms with van der Waals surface area (Å²) >= 11 is 0. The van der Waals surface area contributed by atoms with Crippen LogP contribution >= 0.6 is 0 Å². The first-order chi connectivity index (χ1) is 10.7. The summed E-state index contributed by atoms with van der Waals surface area (Å²) in [5, 5.41) is 0. The standard InChI is InChI=1S/C22H36O/c1-8-17-13-20(17)16(4)23-19-11-9-18(10-12-19)21(15(2)3)14-22(5,6)7/h9-12,15-17,20-21H,8,13-14H2,1-7H3/t16?,17-,20-,21?/m1/s1. The molecular formula is C22H36O. The minimum absolute atomic E-state index is 0.348. The van der Waals surface area contributed by atoms with Crippen LogP contribution in [0.25, 0.3) is 0 Å². The third kappa shape index (κ3) is 5.26. The highest BCUT2D eigenvalue weighted by atomic mass is 16.5. The summed E-state index contributed by atoms with van der Waals surface area (Å²) in [5.41, 5.74) is 1.81. The molecule has 23 heavy (non-hydrogen) atoms. The van der Waals surface area contributed by atoms with Crippen molar-refractivity contribution in [3.05, 3.63) is 29.8 Å². The van der Waals surface area contributed by atoms with E-state index in [-0.39, 0.29) is 0 Å². The van der Waals surface area contributed by atoms with Crippen molar-refractivity contribution >= 4 is 0 Å². The molecule has 130 valence electrons. The quantitative estimate of drug-likeness (QED) is 0.545. The van der Waals surface area contributed by atoms with E-state index >= 15 is 0 Å². The molecule has 0 aliphatic heterocycles. The fraction of sp³-hybridized carbons (Fsp3) is 0.727. The van der Waals surface area contributed by atoms with Crippen molar-refractivity contribution in [2.45, 2.75) is 79.8 Å². The van der Waals surface area contributed by atoms with Gasteiger partial charge in [0.15, 0.2) is 0 Å². The van der Waals surface area contributed by atoms with Gasteiger partial charge in [0, 0.05) is 0 Å². The van der Waals surface area contributed by atoms with E-state index in [0.29, 0.717) is 23.4 Å². The molecule has 0 heterocycles. The highest BCUT2D eigenvalue weighted by Gasteiger charge is 2.40. The van der Waals surface area contributed by atoms with E-state index in [1.165, 1.54) is 24.8 Å². The van der Waals surface area contributed by atoms with Crippen molar-refractivity contribution in [3.63, 3.8) is 0 Å². The molecule has 4 atom stereocenters. The summed E-state index contributed by atoms with van der Waals surface area (Å²) in [4.78, 5) is 0. The molecule has 2 rings (SSSR count). The van der Waals surface area contributed by atoms with Gasteiger partial charge in [-0.15, -0.1) is 0 Å². The Morgan fingerprint density at radius 3 is 2.13 bits per heavy atom. The van der Waals surface area contributed by atoms with Gasteiger partial charge in [-0.25, -0.2) is 0 Å². The van der Waals surface area contributed by atoms with Crippen LogP contribution in [0, 0.1) is 23.2 Å². The zero-order valence-electron chi connectivity index (χ0n) is 16.2. The monoisotopic (exact) mass is 316 g/mol. The summed E-state index contributed by atoms with van der Waals surface area (Å²) in [6.07, 6.45) is 4.21. The molecule has 0 aromatic heterocycles. The Kier molecular flexibility index (Phi) is 5.81. The first-order valence-corrected chi connectivity index (χ1v) is 9.48. The number of ether oxygens (including phenoxy) is 1. The number of benzene rings is 1. The van der Waals surface area contributed by atoms with Gasteiger partial charge in [0.1, 0.15) is 5.75 Å². The van der Waals surface area contributed by atoms with Gasteiger partial charge in [0.25, 0.3) is 0 Å². The van der Waals surface area contributed by atoms with Gasteiger partial charge in [-0.3, -0.25) is 0 Å². The predicted octanol–water partition coefficient (Wildman–Crippen LogP) is 6.68. The summed E-state index contributed by atoms with van der Waals surface area (Å²) < 4.78 is 6.17. The molecule has 1 aromatic rings. The lowest BCUT2D eigenvalue weighted by Crippen LogP contribution is -2.17. The average Bonchev–Trinajstić information content (AvgIpc) is 3.24. The Morgan fingerprint density at radius 1 is 1.09 bits per heavy atom. The fourth-order valence-electron chi connectivity index (χ4n) is 3.81. The molecule has 1 aliphatic rings. The summed E-state index contributed by atoms with van der Waals surface area (Å²) in [7, 11) is 0. The Hall–Kier alpha value is -0.980. The first kappa shape index (κ1) is 18.4. The Bertz CT molecular complexity index is 480. The second-order valence-corrected chi connectivity index (χ2v) is 9.08. The molecule has 1 fully saturated rings. The number of hydrogen-bond acceptors (Lipinski definition) is 1. The second kappa shape index (κ2) is 7.28. The Balaban J connectivity index is 2.00. The van der Waals surface area contributed by atoms with Gasteiger partial charge in [-0.1, -0.05) is 60.1 Å². The predicted molar refractivity (Wildman–Crippen MR) is 100 cm³/mol. The molecule has 1 nitrogen and oxygen atoms in total. The summed E-state index contributed by atoms with van der Waals surface area (Å²) in [5.74, 6) is 3.97. The largest absolute Gasteiger partial charge is 0.490 e. The molecule has 1 heteroatoms. The van der Waals surface area contributed by atoms with E-state index in [0.717, 1.165) is 17.6 Å². The van der Waals surface area contributed by atoms with Gasteiger partial charge in [0.2, 0.25) is 0 Å². The molecule has 0 amide bonds. The van der Waals surface area contributed by atoms with Crippen LogP contribution in [0.4, 0.5) is 0 Å². The number of hydrogen-bond donors (Lipinski definition) is 0. The van der Waals surface area contributed by atoms with Crippen molar-refractivity contribution in [1.82, 2.24) is 0 Å². The van der Waals surface area contributed by atoms with Crippen molar-refractivity contribution in [3.8, 4) is 5.75 Å². The normalized spacial score (nSPS) is 23.7. The molecule has 0 saturated heterocycles. The van der Waals surface area contributed by atoms with Crippen molar-refractivity contribution < 1.29 is 4.74 Å². The molecule has 1 saturated carbocycles. The zero-order chi connectivity index (χ0) is 17.2. The van der Waals surface area contributed by atoms with Crippen LogP contribution in [-0.4, -0.2) is 6.10 Å². The van der Waals surface area contributed by atoms with Gasteiger partial charge in [-0.2, -0.15) is 0 Å². The molecule has 1 aliphatic carbocycles. The van der Waals surface area contributed by atoms with Crippen LogP contribution in [0.2, 0.25) is 0 Å². The van der Waals surface area contributed by atoms with Crippen LogP contribution in [0.1, 0.15) is 79.2 Å². The smallest absolute Gasteiger partial charge is 0.119 e. The molecule has 1 aromatic carbocycles. The molecular weight excluding hydrogens is 280 g/mol. The Labute approximate surface area is 143 Å². The van der Waals surface area contributed by atoms with E-state index in [1.54, 1.807) is 0 Å². The Morgan fingerprint density at radius 2 is 1.70 bits per heavy atom. The highest BCUT2D eigenvalue weighted by Crippen LogP contribution is 2.44. The van der Waals surface area contributed by atoms with Crippen LogP contribution in [-0.2, 0) is 0 Å². The molecule has 0 radical (unpaired) electrons. The van der Waals surface area contributed by atoms with Gasteiger partial charge < -0.3 is 4.74 Å². The summed E-state index contributed by atoms with van der Waals surface area (Å²) in [6, 6.07) is 8.91. The number of rotatable bonds is 7. The van der Waals surface area contributed by atoms with Crippen LogP contribution < -0.4 is 4.74 Å². The van der Waals surface area contributed by atoms with E-state index < -0.39 is 0 Å². The van der Waals surface area contributed by atoms with Crippen molar-refractivity contribution in [2.24, 2.45) is 23.2 Å². The van der Waals surface area contributed by atoms with Crippen molar-refractivity contribution in [2.75, 3.05) is 0 Å². The lowest BCUT2D eigenvalue weighted by atomic mass is 9.76.